The topological polar surface area (TPSA) is 46.2 Å². The van der Waals surface area contributed by atoms with E-state index in [0.717, 1.165) is 24.6 Å². The minimum Gasteiger partial charge on any atom is -0.359 e. The lowest BCUT2D eigenvalue weighted by molar-refractivity contribution is -0.221. The highest BCUT2D eigenvalue weighted by molar-refractivity contribution is 7.32. The summed E-state index contributed by atoms with van der Waals surface area (Å²) in [4.78, 5) is 0. The van der Waals surface area contributed by atoms with E-state index in [0.29, 0.717) is 30.6 Å². The molecule has 4 unspecified atom stereocenters. The second-order valence-corrected chi connectivity index (χ2v) is 13.8. The van der Waals surface area contributed by atoms with E-state index in [1.54, 1.807) is 0 Å². The van der Waals surface area contributed by atoms with Crippen LogP contribution in [0, 0.1) is 0 Å². The van der Waals surface area contributed by atoms with Gasteiger partial charge in [-0.15, -0.1) is 0 Å². The second-order valence-electron chi connectivity index (χ2n) is 10.3. The minimum absolute atomic E-state index is 0.126. The highest BCUT2D eigenvalue weighted by Crippen LogP contribution is 2.39. The lowest BCUT2D eigenvalue weighted by atomic mass is 10.0. The zero-order valence-corrected chi connectivity index (χ0v) is 28.1. The van der Waals surface area contributed by atoms with Crippen molar-refractivity contribution in [3.05, 3.63) is 144 Å². The maximum absolute atomic E-state index is 6.60. The van der Waals surface area contributed by atoms with Crippen LogP contribution in [0.2, 0.25) is 0 Å². The molecule has 1 saturated heterocycles. The molecule has 5 nitrogen and oxygen atoms in total. The molecule has 226 valence electrons. The average Bonchev–Trinajstić information content (AvgIpc) is 3.06. The van der Waals surface area contributed by atoms with Crippen molar-refractivity contribution in [1.29, 1.82) is 0 Å². The van der Waals surface area contributed by atoms with Gasteiger partial charge in [0.25, 0.3) is 0 Å². The molecule has 0 radical (unpaired) electrons. The van der Waals surface area contributed by atoms with Gasteiger partial charge in [0.05, 0.1) is 18.8 Å². The number of benzene rings is 4. The SMILES string of the molecule is c1ccc(CPOC[C@@H]2C[C@H](OPCc3ccccc3)[C@H](OPCc3ccccc3)[C@@H](OPCc3ccccc3)O2)cc1. The molecule has 5 rings (SSSR count). The first-order valence-electron chi connectivity index (χ1n) is 14.6. The highest BCUT2D eigenvalue weighted by Gasteiger charge is 2.41. The lowest BCUT2D eigenvalue weighted by Gasteiger charge is -2.40. The largest absolute Gasteiger partial charge is 0.359 e. The fourth-order valence-corrected chi connectivity index (χ4v) is 8.19. The predicted octanol–water partition coefficient (Wildman–Crippen LogP) is 9.08. The summed E-state index contributed by atoms with van der Waals surface area (Å²) in [6.45, 7) is 0.508. The summed E-state index contributed by atoms with van der Waals surface area (Å²) in [5.41, 5.74) is 5.06. The van der Waals surface area contributed by atoms with E-state index in [1.807, 2.05) is 24.3 Å². The van der Waals surface area contributed by atoms with Gasteiger partial charge in [0.1, 0.15) is 6.10 Å². The van der Waals surface area contributed by atoms with Crippen molar-refractivity contribution in [1.82, 2.24) is 0 Å². The summed E-state index contributed by atoms with van der Waals surface area (Å²) < 4.78 is 32.3. The molecule has 1 aliphatic heterocycles. The van der Waals surface area contributed by atoms with Crippen LogP contribution in [-0.2, 0) is 47.5 Å². The zero-order chi connectivity index (χ0) is 29.4. The van der Waals surface area contributed by atoms with Crippen molar-refractivity contribution in [3.63, 3.8) is 0 Å². The van der Waals surface area contributed by atoms with Gasteiger partial charge in [-0.1, -0.05) is 121 Å². The van der Waals surface area contributed by atoms with Gasteiger partial charge in [-0.05, 0) is 22.3 Å². The smallest absolute Gasteiger partial charge is 0.190 e. The van der Waals surface area contributed by atoms with Crippen molar-refractivity contribution in [2.24, 2.45) is 0 Å². The first kappa shape index (κ1) is 32.8. The maximum Gasteiger partial charge on any atom is 0.190 e. The van der Waals surface area contributed by atoms with Gasteiger partial charge < -0.3 is 22.8 Å². The molecule has 4 aromatic rings. The van der Waals surface area contributed by atoms with E-state index in [9.17, 15) is 0 Å². The van der Waals surface area contributed by atoms with E-state index in [4.69, 9.17) is 22.8 Å². The van der Waals surface area contributed by atoms with Gasteiger partial charge >= 0.3 is 0 Å². The summed E-state index contributed by atoms with van der Waals surface area (Å²) in [5.74, 6) is 0. The molecule has 0 saturated carbocycles. The Morgan fingerprint density at radius 1 is 0.512 bits per heavy atom. The van der Waals surface area contributed by atoms with Crippen LogP contribution in [0.4, 0.5) is 0 Å². The van der Waals surface area contributed by atoms with Crippen molar-refractivity contribution >= 4 is 35.2 Å². The molecule has 0 bridgehead atoms. The van der Waals surface area contributed by atoms with Gasteiger partial charge in [-0.3, -0.25) is 0 Å². The van der Waals surface area contributed by atoms with Crippen LogP contribution < -0.4 is 0 Å². The molecule has 1 heterocycles. The molecule has 0 spiro atoms. The molecule has 0 amide bonds. The summed E-state index contributed by atoms with van der Waals surface area (Å²) in [6.07, 6.45) is 3.07. The third kappa shape index (κ3) is 11.7. The van der Waals surface area contributed by atoms with Crippen molar-refractivity contribution in [3.8, 4) is 0 Å². The molecule has 0 aromatic heterocycles. The number of rotatable bonds is 17. The lowest BCUT2D eigenvalue weighted by Crippen LogP contribution is -2.50. The summed E-state index contributed by atoms with van der Waals surface area (Å²) in [5, 5.41) is 0. The van der Waals surface area contributed by atoms with Gasteiger partial charge in [0, 0.05) is 66.3 Å². The summed E-state index contributed by atoms with van der Waals surface area (Å²) in [6, 6.07) is 41.8. The Morgan fingerprint density at radius 2 is 0.930 bits per heavy atom. The van der Waals surface area contributed by atoms with Gasteiger partial charge in [-0.25, -0.2) is 0 Å². The van der Waals surface area contributed by atoms with Gasteiger partial charge in [0.2, 0.25) is 0 Å². The van der Waals surface area contributed by atoms with Crippen molar-refractivity contribution in [2.45, 2.75) is 55.7 Å². The minimum atomic E-state index is -0.517. The van der Waals surface area contributed by atoms with Crippen LogP contribution in [0.1, 0.15) is 28.7 Å². The number of hydrogen-bond acceptors (Lipinski definition) is 5. The van der Waals surface area contributed by atoms with Crippen molar-refractivity contribution < 1.29 is 22.8 Å². The van der Waals surface area contributed by atoms with E-state index < -0.39 is 6.29 Å². The highest BCUT2D eigenvalue weighted by atomic mass is 31.1. The third-order valence-electron chi connectivity index (χ3n) is 6.96. The standard InChI is InChI=1S/C34H40O5P4/c1-5-13-27(14-6-1)23-40-35-22-31-21-32(37-41-24-28-15-7-2-8-16-28)33(38-42-25-29-17-9-3-10-18-29)34(36-31)39-43-26-30-19-11-4-12-20-30/h1-20,31-34,40-43H,21-26H2/t31-,32-,33-,34+/m0/s1. The predicted molar refractivity (Wildman–Crippen MR) is 184 cm³/mol. The van der Waals surface area contributed by atoms with Crippen LogP contribution in [-0.4, -0.2) is 31.2 Å². The van der Waals surface area contributed by atoms with E-state index in [1.165, 1.54) is 22.3 Å². The molecule has 4 aromatic carbocycles. The molecule has 8 atom stereocenters. The maximum atomic E-state index is 6.60. The van der Waals surface area contributed by atoms with Crippen LogP contribution in [0.25, 0.3) is 0 Å². The molecule has 9 heteroatoms. The molecule has 43 heavy (non-hydrogen) atoms. The Hall–Kier alpha value is -1.60. The molecule has 1 aliphatic rings. The Morgan fingerprint density at radius 3 is 1.42 bits per heavy atom. The zero-order valence-electron chi connectivity index (χ0n) is 24.1. The molecule has 0 N–H and O–H groups in total. The normalized spacial score (nSPS) is 21.3. The quantitative estimate of drug-likeness (QED) is 0.0842. The van der Waals surface area contributed by atoms with Gasteiger partial charge in [0.15, 0.2) is 6.29 Å². The second kappa shape index (κ2) is 19.0. The summed E-state index contributed by atoms with van der Waals surface area (Å²) >= 11 is 0. The van der Waals surface area contributed by atoms with Gasteiger partial charge in [-0.2, -0.15) is 0 Å². The average molecular weight is 653 g/mol. The van der Waals surface area contributed by atoms with Crippen LogP contribution >= 0.6 is 35.2 Å². The molecular weight excluding hydrogens is 612 g/mol. The van der Waals surface area contributed by atoms with Crippen LogP contribution in [0.5, 0.6) is 0 Å². The summed E-state index contributed by atoms with van der Waals surface area (Å²) in [7, 11) is 1.23. The molecule has 0 aliphatic carbocycles. The van der Waals surface area contributed by atoms with Crippen LogP contribution in [0.3, 0.4) is 0 Å². The number of hydrogen-bond donors (Lipinski definition) is 0. The fraction of sp³-hybridized carbons (Fsp3) is 0.294. The van der Waals surface area contributed by atoms with E-state index >= 15 is 0 Å². The monoisotopic (exact) mass is 652 g/mol. The van der Waals surface area contributed by atoms with E-state index in [2.05, 4.69) is 97.1 Å². The first-order chi connectivity index (χ1) is 21.3. The van der Waals surface area contributed by atoms with Crippen LogP contribution in [0.15, 0.2) is 121 Å². The fourth-order valence-electron chi connectivity index (χ4n) is 4.67. The molecular formula is C34H40O5P4. The van der Waals surface area contributed by atoms with Crippen molar-refractivity contribution in [2.75, 3.05) is 6.61 Å². The number of ether oxygens (including phenoxy) is 1. The Kier molecular flexibility index (Phi) is 14.5. The van der Waals surface area contributed by atoms with E-state index in [-0.39, 0.29) is 35.9 Å². The Bertz CT molecular complexity index is 1230. The Labute approximate surface area is 263 Å². The Balaban J connectivity index is 1.23. The third-order valence-corrected chi connectivity index (χ3v) is 10.8. The molecule has 1 fully saturated rings. The first-order valence-corrected chi connectivity index (χ1v) is 19.1.